The normalized spacial score (nSPS) is 16.0. The molecule has 4 unspecified atom stereocenters. The Morgan fingerprint density at radius 1 is 0.556 bits per heavy atom. The number of rotatable bonds is 22. The predicted octanol–water partition coefficient (Wildman–Crippen LogP) is 10.1. The summed E-state index contributed by atoms with van der Waals surface area (Å²) in [5.41, 5.74) is 5.13. The number of benzene rings is 3. The van der Waals surface area contributed by atoms with Gasteiger partial charge in [-0.1, -0.05) is 52.4 Å². The topological polar surface area (TPSA) is 154 Å². The number of ether oxygens (including phenoxy) is 3. The van der Waals surface area contributed by atoms with Crippen LogP contribution in [-0.4, -0.2) is 70.8 Å². The molecular weight excluding hydrogens is 836 g/mol. The van der Waals surface area contributed by atoms with Crippen molar-refractivity contribution in [2.24, 2.45) is 17.8 Å². The molecule has 0 bridgehead atoms. The smallest absolute Gasteiger partial charge is 0.465 e. The molecule has 6 rings (SSSR count). The fraction of sp³-hybridized carbons (Fsp3) is 0.480. The molecule has 2 fully saturated rings. The molecule has 12 nitrogen and oxygen atoms in total. The molecule has 2 aliphatic rings. The van der Waals surface area contributed by atoms with Crippen LogP contribution in [0.3, 0.4) is 0 Å². The van der Waals surface area contributed by atoms with Crippen LogP contribution in [0.4, 0.5) is 17.1 Å². The van der Waals surface area contributed by atoms with E-state index in [4.69, 9.17) is 29.2 Å². The summed E-state index contributed by atoms with van der Waals surface area (Å²) in [7, 11) is 0. The summed E-state index contributed by atoms with van der Waals surface area (Å²) in [4.78, 5) is 52.2. The molecule has 0 spiro atoms. The van der Waals surface area contributed by atoms with Crippen LogP contribution in [0.25, 0.3) is 34.2 Å². The number of esters is 3. The van der Waals surface area contributed by atoms with Gasteiger partial charge in [0.05, 0.1) is 30.0 Å². The van der Waals surface area contributed by atoms with Gasteiger partial charge in [0.25, 0.3) is 5.97 Å². The quantitative estimate of drug-likeness (QED) is 0.0298. The molecule has 0 aliphatic heterocycles. The third-order valence-corrected chi connectivity index (χ3v) is 12.0. The van der Waals surface area contributed by atoms with Gasteiger partial charge >= 0.3 is 29.0 Å². The summed E-state index contributed by atoms with van der Waals surface area (Å²) in [5.74, 6) is 0.621. The van der Waals surface area contributed by atoms with Gasteiger partial charge in [-0.15, -0.1) is 0 Å². The van der Waals surface area contributed by atoms with E-state index in [1.165, 1.54) is 0 Å². The molecular formula is C50H64FeN6O6. The van der Waals surface area contributed by atoms with Crippen LogP contribution in [-0.2, 0) is 45.7 Å². The molecule has 2 saturated carbocycles. The molecule has 4 aromatic rings. The number of aromatic nitrogens is 3. The number of carbonyl (C=O) groups excluding carboxylic acids is 3. The summed E-state index contributed by atoms with van der Waals surface area (Å²) in [5, 5.41) is 10.5. The number of hydrogen-bond acceptors (Lipinski definition) is 12. The van der Waals surface area contributed by atoms with Gasteiger partial charge in [-0.2, -0.15) is 6.42 Å². The standard InChI is InChI=1S/C50H64N6O6.Fe/c1-6-33(5)48(57)60-30-39(7-2)51-42-24-18-34(19-25-42)45-54-46(35-20-26-43(27-21-35)52-40(8-3)31-61-49(58)37-14-10-11-15-37)56-47(55-45)36-22-28-44(29-23-36)53-41(9-4)32-62-50(59)38-16-12-13-17-38;/h18-29,33,37-41,51-53H,1,5-17,30-32H2,2-4H3;/q-2;+2. The van der Waals surface area contributed by atoms with Gasteiger partial charge in [-0.3, -0.25) is 14.4 Å². The van der Waals surface area contributed by atoms with E-state index in [-0.39, 0.29) is 71.5 Å². The first-order valence-electron chi connectivity index (χ1n) is 22.6. The fourth-order valence-corrected chi connectivity index (χ4v) is 7.74. The van der Waals surface area contributed by atoms with Gasteiger partial charge in [-0.05, 0) is 118 Å². The molecule has 2 aliphatic carbocycles. The third kappa shape index (κ3) is 14.2. The second kappa shape index (κ2) is 24.7. The van der Waals surface area contributed by atoms with Gasteiger partial charge in [0.1, 0.15) is 19.8 Å². The summed E-state index contributed by atoms with van der Waals surface area (Å²) in [6.07, 6.45) is 10.8. The first-order chi connectivity index (χ1) is 30.2. The van der Waals surface area contributed by atoms with Gasteiger partial charge in [0.15, 0.2) is 17.5 Å². The Bertz CT molecular complexity index is 1930. The summed E-state index contributed by atoms with van der Waals surface area (Å²) in [6, 6.07) is 23.7. The first kappa shape index (κ1) is 49.0. The number of hydrogen-bond donors (Lipinski definition) is 3. The summed E-state index contributed by atoms with van der Waals surface area (Å²) >= 11 is 0. The predicted molar refractivity (Wildman–Crippen MR) is 245 cm³/mol. The van der Waals surface area contributed by atoms with Crippen LogP contribution in [0.5, 0.6) is 0 Å². The first-order valence-corrected chi connectivity index (χ1v) is 22.6. The molecule has 4 atom stereocenters. The SMILES string of the molecule is [CH2-]CC([CH2-])C(=O)OCC(CC)Nc1ccc(-c2nc(-c3ccc(NC(CC)COC(=O)C4CCCC4)cc3)nc(-c3ccc(NC(CC)COC(=O)C4CCCC4)cc3)n2)cc1.[Fe+2]. The molecule has 0 saturated heterocycles. The minimum atomic E-state index is -0.485. The van der Waals surface area contributed by atoms with Crippen molar-refractivity contribution in [3.63, 3.8) is 0 Å². The monoisotopic (exact) mass is 900 g/mol. The zero-order valence-electron chi connectivity index (χ0n) is 37.1. The maximum atomic E-state index is 12.6. The average molecular weight is 901 g/mol. The maximum absolute atomic E-state index is 12.6. The van der Waals surface area contributed by atoms with Crippen LogP contribution in [0.2, 0.25) is 0 Å². The van der Waals surface area contributed by atoms with Crippen molar-refractivity contribution in [2.75, 3.05) is 35.8 Å². The van der Waals surface area contributed by atoms with Crippen molar-refractivity contribution in [3.05, 3.63) is 86.6 Å². The number of nitrogens with zero attached hydrogens (tertiary/aromatic N) is 3. The van der Waals surface area contributed by atoms with Gasteiger partial charge in [0.2, 0.25) is 0 Å². The largest absolute Gasteiger partial charge is 2.00 e. The third-order valence-electron chi connectivity index (χ3n) is 12.0. The fourth-order valence-electron chi connectivity index (χ4n) is 7.74. The van der Waals surface area contributed by atoms with Crippen LogP contribution >= 0.6 is 0 Å². The van der Waals surface area contributed by atoms with E-state index in [2.05, 4.69) is 43.6 Å². The number of carbonyl (C=O) groups is 3. The van der Waals surface area contributed by atoms with E-state index in [0.29, 0.717) is 37.1 Å². The van der Waals surface area contributed by atoms with E-state index in [1.807, 2.05) is 79.7 Å². The van der Waals surface area contributed by atoms with E-state index in [9.17, 15) is 14.4 Å². The van der Waals surface area contributed by atoms with Crippen molar-refractivity contribution in [1.82, 2.24) is 15.0 Å². The van der Waals surface area contributed by atoms with Crippen molar-refractivity contribution in [3.8, 4) is 34.2 Å². The molecule has 13 heteroatoms. The maximum Gasteiger partial charge on any atom is 2.00 e. The zero-order chi connectivity index (χ0) is 43.8. The average Bonchev–Trinajstić information content (AvgIpc) is 4.07. The van der Waals surface area contributed by atoms with Crippen LogP contribution in [0.15, 0.2) is 72.8 Å². The Hall–Kier alpha value is -5.00. The Labute approximate surface area is 384 Å². The van der Waals surface area contributed by atoms with Crippen molar-refractivity contribution in [2.45, 2.75) is 116 Å². The Balaban J connectivity index is 0.00000748. The molecule has 338 valence electrons. The summed E-state index contributed by atoms with van der Waals surface area (Å²) in [6.45, 7) is 14.6. The van der Waals surface area contributed by atoms with Crippen LogP contribution < -0.4 is 16.0 Å². The second-order valence-corrected chi connectivity index (χ2v) is 16.6. The number of nitrogens with one attached hydrogen (secondary N) is 3. The Morgan fingerprint density at radius 2 is 0.857 bits per heavy atom. The molecule has 3 aromatic carbocycles. The zero-order valence-corrected chi connectivity index (χ0v) is 38.2. The summed E-state index contributed by atoms with van der Waals surface area (Å²) < 4.78 is 16.9. The van der Waals surface area contributed by atoms with Gasteiger partial charge in [-0.25, -0.2) is 15.0 Å². The van der Waals surface area contributed by atoms with Crippen LogP contribution in [0, 0.1) is 31.6 Å². The molecule has 0 amide bonds. The Kier molecular flexibility index (Phi) is 19.3. The van der Waals surface area contributed by atoms with Crippen LogP contribution in [0.1, 0.15) is 97.8 Å². The van der Waals surface area contributed by atoms with Gasteiger partial charge < -0.3 is 44.0 Å². The molecule has 1 aromatic heterocycles. The molecule has 0 radical (unpaired) electrons. The molecule has 3 N–H and O–H groups in total. The molecule has 1 heterocycles. The van der Waals surface area contributed by atoms with Crippen molar-refractivity contribution < 1.29 is 45.7 Å². The van der Waals surface area contributed by atoms with Crippen molar-refractivity contribution >= 4 is 35.0 Å². The molecule has 63 heavy (non-hydrogen) atoms. The van der Waals surface area contributed by atoms with Crippen molar-refractivity contribution in [1.29, 1.82) is 0 Å². The van der Waals surface area contributed by atoms with E-state index < -0.39 is 5.92 Å². The van der Waals surface area contributed by atoms with Gasteiger partial charge in [0, 0.05) is 33.8 Å². The number of anilines is 3. The van der Waals surface area contributed by atoms with E-state index in [1.54, 1.807) is 0 Å². The Morgan fingerprint density at radius 3 is 1.14 bits per heavy atom. The minimum absolute atomic E-state index is 0. The second-order valence-electron chi connectivity index (χ2n) is 16.6. The van der Waals surface area contributed by atoms with E-state index in [0.717, 1.165) is 104 Å². The van der Waals surface area contributed by atoms with E-state index >= 15 is 0 Å². The minimum Gasteiger partial charge on any atom is -0.465 e.